The minimum Gasteiger partial charge on any atom is -0.384 e. The standard InChI is InChI=1S/C32H33FN10O/c1-42(2)8-7-36-22-10-19(9-21(33)12-22)25-16-35-17-29-24(25)13-28(38-29)32-31-27(40-41-32)6-5-26(39-31)20-11-23(15-34-14-20)37-30(44)18-43(3)4/h5-6,9-17,36,38H,7-8,18H2,1-4H3,(H,37,44)(H,40,41). The van der Waals surface area contributed by atoms with Crippen LogP contribution in [-0.2, 0) is 4.79 Å². The number of halogens is 1. The summed E-state index contributed by atoms with van der Waals surface area (Å²) in [4.78, 5) is 33.2. The van der Waals surface area contributed by atoms with Gasteiger partial charge in [0.05, 0.1) is 47.0 Å². The first kappa shape index (κ1) is 28.9. The van der Waals surface area contributed by atoms with Gasteiger partial charge >= 0.3 is 0 Å². The molecule has 44 heavy (non-hydrogen) atoms. The fourth-order valence-corrected chi connectivity index (χ4v) is 5.06. The molecule has 0 aliphatic carbocycles. The Hall–Kier alpha value is -5.20. The topological polar surface area (TPSA) is 131 Å². The van der Waals surface area contributed by atoms with Crippen molar-refractivity contribution in [3.8, 4) is 33.8 Å². The lowest BCUT2D eigenvalue weighted by molar-refractivity contribution is -0.116. The second-order valence-electron chi connectivity index (χ2n) is 11.2. The van der Waals surface area contributed by atoms with Crippen molar-refractivity contribution in [3.63, 3.8) is 0 Å². The summed E-state index contributed by atoms with van der Waals surface area (Å²) in [5.74, 6) is -0.453. The molecule has 5 heterocycles. The number of aromatic nitrogens is 6. The van der Waals surface area contributed by atoms with E-state index >= 15 is 0 Å². The molecule has 0 spiro atoms. The van der Waals surface area contributed by atoms with Crippen LogP contribution in [0.25, 0.3) is 55.7 Å². The van der Waals surface area contributed by atoms with Gasteiger partial charge in [0.25, 0.3) is 0 Å². The van der Waals surface area contributed by atoms with Crippen LogP contribution >= 0.6 is 0 Å². The molecule has 1 amide bonds. The Morgan fingerprint density at radius 1 is 0.886 bits per heavy atom. The Balaban J connectivity index is 1.33. The number of fused-ring (bicyclic) bond motifs is 2. The highest BCUT2D eigenvalue weighted by Gasteiger charge is 2.17. The number of pyridine rings is 3. The summed E-state index contributed by atoms with van der Waals surface area (Å²) < 4.78 is 14.7. The van der Waals surface area contributed by atoms with Gasteiger partial charge in [-0.1, -0.05) is 0 Å². The average Bonchev–Trinajstić information content (AvgIpc) is 3.60. The lowest BCUT2D eigenvalue weighted by Gasteiger charge is -2.13. The highest BCUT2D eigenvalue weighted by molar-refractivity contribution is 6.00. The van der Waals surface area contributed by atoms with Crippen LogP contribution in [0.2, 0.25) is 0 Å². The molecule has 224 valence electrons. The molecule has 0 fully saturated rings. The molecule has 6 aromatic rings. The summed E-state index contributed by atoms with van der Waals surface area (Å²) in [6.45, 7) is 1.79. The maximum Gasteiger partial charge on any atom is 0.238 e. The first-order valence-corrected chi connectivity index (χ1v) is 14.2. The summed E-state index contributed by atoms with van der Waals surface area (Å²) in [7, 11) is 7.67. The lowest BCUT2D eigenvalue weighted by Crippen LogP contribution is -2.27. The normalized spacial score (nSPS) is 11.6. The number of amides is 1. The third-order valence-electron chi connectivity index (χ3n) is 7.08. The molecule has 1 aromatic carbocycles. The van der Waals surface area contributed by atoms with Crippen molar-refractivity contribution in [1.82, 2.24) is 39.9 Å². The van der Waals surface area contributed by atoms with Crippen molar-refractivity contribution in [2.45, 2.75) is 0 Å². The predicted molar refractivity (Wildman–Crippen MR) is 172 cm³/mol. The summed E-state index contributed by atoms with van der Waals surface area (Å²) in [6.07, 6.45) is 6.80. The van der Waals surface area contributed by atoms with Crippen LogP contribution in [-0.4, -0.2) is 93.7 Å². The number of hydrogen-bond acceptors (Lipinski definition) is 8. The highest BCUT2D eigenvalue weighted by atomic mass is 19.1. The average molecular weight is 593 g/mol. The van der Waals surface area contributed by atoms with Gasteiger partial charge in [-0.3, -0.25) is 19.9 Å². The third kappa shape index (κ3) is 6.26. The maximum atomic E-state index is 14.7. The molecule has 0 aliphatic heterocycles. The fourth-order valence-electron chi connectivity index (χ4n) is 5.06. The molecule has 11 nitrogen and oxygen atoms in total. The van der Waals surface area contributed by atoms with E-state index in [9.17, 15) is 9.18 Å². The molecule has 6 rings (SSSR count). The van der Waals surface area contributed by atoms with Crippen LogP contribution in [0.4, 0.5) is 15.8 Å². The van der Waals surface area contributed by atoms with Gasteiger partial charge in [0.1, 0.15) is 17.0 Å². The van der Waals surface area contributed by atoms with Crippen LogP contribution in [0.15, 0.2) is 67.3 Å². The van der Waals surface area contributed by atoms with E-state index in [2.05, 4.69) is 40.7 Å². The van der Waals surface area contributed by atoms with Crippen molar-refractivity contribution in [3.05, 3.63) is 73.1 Å². The molecule has 5 aromatic heterocycles. The molecule has 4 N–H and O–H groups in total. The molecular formula is C32H33FN10O. The van der Waals surface area contributed by atoms with Crippen molar-refractivity contribution >= 4 is 39.2 Å². The zero-order valence-electron chi connectivity index (χ0n) is 24.9. The van der Waals surface area contributed by atoms with E-state index in [1.54, 1.807) is 29.7 Å². The van der Waals surface area contributed by atoms with Gasteiger partial charge in [-0.05, 0) is 76.2 Å². The van der Waals surface area contributed by atoms with Crippen molar-refractivity contribution < 1.29 is 9.18 Å². The number of nitrogens with zero attached hydrogens (tertiary/aromatic N) is 6. The zero-order valence-corrected chi connectivity index (χ0v) is 24.9. The van der Waals surface area contributed by atoms with Gasteiger partial charge in [0.2, 0.25) is 5.91 Å². The Morgan fingerprint density at radius 3 is 2.52 bits per heavy atom. The third-order valence-corrected chi connectivity index (χ3v) is 7.08. The summed E-state index contributed by atoms with van der Waals surface area (Å²) >= 11 is 0. The van der Waals surface area contributed by atoms with E-state index in [1.165, 1.54) is 12.1 Å². The van der Waals surface area contributed by atoms with Gasteiger partial charge in [0.15, 0.2) is 0 Å². The van der Waals surface area contributed by atoms with Crippen LogP contribution < -0.4 is 10.6 Å². The molecule has 0 saturated heterocycles. The monoisotopic (exact) mass is 592 g/mol. The number of anilines is 2. The summed E-state index contributed by atoms with van der Waals surface area (Å²) in [5.41, 5.74) is 7.87. The molecule has 0 atom stereocenters. The number of rotatable bonds is 10. The Bertz CT molecular complexity index is 1960. The van der Waals surface area contributed by atoms with Crippen LogP contribution in [0.3, 0.4) is 0 Å². The van der Waals surface area contributed by atoms with E-state index in [0.29, 0.717) is 34.8 Å². The number of H-pyrrole nitrogens is 2. The van der Waals surface area contributed by atoms with Gasteiger partial charge in [0, 0.05) is 47.7 Å². The Labute approximate surface area is 253 Å². The molecule has 0 bridgehead atoms. The fraction of sp³-hybridized carbons (Fsp3) is 0.219. The van der Waals surface area contributed by atoms with Gasteiger partial charge in [-0.2, -0.15) is 5.10 Å². The maximum absolute atomic E-state index is 14.7. The number of hydrogen-bond donors (Lipinski definition) is 4. The van der Waals surface area contributed by atoms with E-state index in [-0.39, 0.29) is 18.3 Å². The SMILES string of the molecule is CN(C)CCNc1cc(F)cc(-c2cncc3[nH]c(-c4n[nH]c5ccc(-c6cncc(NC(=O)CN(C)C)c6)nc45)cc23)c1. The second-order valence-corrected chi connectivity index (χ2v) is 11.2. The summed E-state index contributed by atoms with van der Waals surface area (Å²) in [5, 5.41) is 14.7. The second kappa shape index (κ2) is 12.2. The van der Waals surface area contributed by atoms with Crippen molar-refractivity contribution in [1.29, 1.82) is 0 Å². The van der Waals surface area contributed by atoms with Gasteiger partial charge in [-0.15, -0.1) is 0 Å². The van der Waals surface area contributed by atoms with Crippen LogP contribution in [0.1, 0.15) is 0 Å². The highest BCUT2D eigenvalue weighted by Crippen LogP contribution is 2.35. The minimum atomic E-state index is -0.325. The Kier molecular flexibility index (Phi) is 8.01. The van der Waals surface area contributed by atoms with Crippen LogP contribution in [0.5, 0.6) is 0 Å². The van der Waals surface area contributed by atoms with Crippen LogP contribution in [0, 0.1) is 5.82 Å². The predicted octanol–water partition coefficient (Wildman–Crippen LogP) is 4.84. The smallest absolute Gasteiger partial charge is 0.238 e. The molecular weight excluding hydrogens is 559 g/mol. The number of benzene rings is 1. The minimum absolute atomic E-state index is 0.128. The van der Waals surface area contributed by atoms with Gasteiger partial charge in [-0.25, -0.2) is 9.37 Å². The number of aromatic amines is 2. The van der Waals surface area contributed by atoms with Crippen molar-refractivity contribution in [2.24, 2.45) is 0 Å². The van der Waals surface area contributed by atoms with E-state index in [0.717, 1.165) is 45.3 Å². The number of carbonyl (C=O) groups is 1. The quantitative estimate of drug-likeness (QED) is 0.178. The number of nitrogens with one attached hydrogen (secondary N) is 4. The van der Waals surface area contributed by atoms with Crippen molar-refractivity contribution in [2.75, 3.05) is 58.5 Å². The first-order valence-electron chi connectivity index (χ1n) is 14.2. The summed E-state index contributed by atoms with van der Waals surface area (Å²) in [6, 6.07) is 12.6. The molecule has 0 radical (unpaired) electrons. The number of likely N-dealkylation sites (N-methyl/N-ethyl adjacent to an activating group) is 2. The van der Waals surface area contributed by atoms with E-state index in [1.807, 2.05) is 58.5 Å². The van der Waals surface area contributed by atoms with E-state index < -0.39 is 0 Å². The van der Waals surface area contributed by atoms with Gasteiger partial charge < -0.3 is 25.4 Å². The molecule has 12 heteroatoms. The number of carbonyl (C=O) groups excluding carboxylic acids is 1. The molecule has 0 saturated carbocycles. The lowest BCUT2D eigenvalue weighted by atomic mass is 10.0. The largest absolute Gasteiger partial charge is 0.384 e. The first-order chi connectivity index (χ1) is 21.2. The molecule has 0 aliphatic rings. The Morgan fingerprint density at radius 2 is 1.70 bits per heavy atom. The molecule has 0 unspecified atom stereocenters. The van der Waals surface area contributed by atoms with E-state index in [4.69, 9.17) is 4.98 Å². The zero-order chi connectivity index (χ0) is 30.8.